The van der Waals surface area contributed by atoms with Crippen molar-refractivity contribution in [2.75, 3.05) is 19.7 Å². The number of rotatable bonds is 5. The lowest BCUT2D eigenvalue weighted by Crippen LogP contribution is -2.63. The van der Waals surface area contributed by atoms with Gasteiger partial charge in [0.05, 0.1) is 34.5 Å². The van der Waals surface area contributed by atoms with Crippen LogP contribution in [0.2, 0.25) is 5.02 Å². The predicted octanol–water partition coefficient (Wildman–Crippen LogP) is 6.77. The molecular formula is C34H36ClN7O2. The van der Waals surface area contributed by atoms with Crippen molar-refractivity contribution in [1.29, 1.82) is 0 Å². The third-order valence-corrected chi connectivity index (χ3v) is 10.6. The number of amides is 1. The maximum absolute atomic E-state index is 12.1. The number of aromatic nitrogens is 6. The molecule has 3 aromatic heterocycles. The van der Waals surface area contributed by atoms with Crippen LogP contribution >= 0.6 is 11.6 Å². The Bertz CT molecular complexity index is 1960. The molecule has 1 aliphatic carbocycles. The van der Waals surface area contributed by atoms with Crippen LogP contribution in [0.4, 0.5) is 0 Å². The average molecular weight is 610 g/mol. The maximum Gasteiger partial charge on any atom is 0.245 e. The van der Waals surface area contributed by atoms with Gasteiger partial charge < -0.3 is 9.64 Å². The molecule has 0 N–H and O–H groups in total. The number of nitrogens with zero attached hydrogens (tertiary/aromatic N) is 7. The molecule has 1 amide bonds. The Kier molecular flexibility index (Phi) is 6.29. The molecule has 10 heteroatoms. The lowest BCUT2D eigenvalue weighted by molar-refractivity contribution is -0.149. The van der Waals surface area contributed by atoms with Crippen LogP contribution in [0, 0.1) is 19.3 Å². The lowest BCUT2D eigenvalue weighted by atomic mass is 9.60. The van der Waals surface area contributed by atoms with E-state index in [1.165, 1.54) is 6.08 Å². The zero-order valence-electron chi connectivity index (χ0n) is 25.4. The minimum atomic E-state index is -0.0767. The summed E-state index contributed by atoms with van der Waals surface area (Å²) in [4.78, 5) is 14.0. The summed E-state index contributed by atoms with van der Waals surface area (Å²) in [7, 11) is 1.96. The van der Waals surface area contributed by atoms with Gasteiger partial charge in [-0.05, 0) is 75.8 Å². The molecule has 226 valence electrons. The summed E-state index contributed by atoms with van der Waals surface area (Å²) >= 11 is 7.24. The van der Waals surface area contributed by atoms with Gasteiger partial charge in [0.1, 0.15) is 5.69 Å². The minimum Gasteiger partial charge on any atom is -0.356 e. The van der Waals surface area contributed by atoms with Gasteiger partial charge >= 0.3 is 0 Å². The van der Waals surface area contributed by atoms with Gasteiger partial charge in [-0.15, -0.1) is 0 Å². The van der Waals surface area contributed by atoms with Crippen LogP contribution in [-0.2, 0) is 16.6 Å². The molecule has 3 aliphatic rings. The Morgan fingerprint density at radius 1 is 1.07 bits per heavy atom. The molecule has 2 aliphatic heterocycles. The zero-order valence-corrected chi connectivity index (χ0v) is 26.1. The van der Waals surface area contributed by atoms with E-state index in [0.29, 0.717) is 0 Å². The second-order valence-electron chi connectivity index (χ2n) is 13.0. The number of ether oxygens (including phenoxy) is 1. The second kappa shape index (κ2) is 10.0. The molecule has 0 radical (unpaired) electrons. The summed E-state index contributed by atoms with van der Waals surface area (Å²) in [5.41, 5.74) is 8.28. The van der Waals surface area contributed by atoms with Crippen molar-refractivity contribution in [2.24, 2.45) is 12.5 Å². The SMILES string of the molecule is C=CC(=O)N1CC2(CC(n3nc(-c4ccc5c(cnn5C)c4)c(-c4c(Cl)c(C)cc5c4cnn5C4CCCCO4)c3C)C2)C1. The molecule has 5 aromatic rings. The Labute approximate surface area is 261 Å². The van der Waals surface area contributed by atoms with Crippen molar-refractivity contribution in [3.8, 4) is 22.4 Å². The highest BCUT2D eigenvalue weighted by Gasteiger charge is 2.54. The fraction of sp³-hybridized carbons (Fsp3) is 0.412. The number of carbonyl (C=O) groups excluding carboxylic acids is 1. The van der Waals surface area contributed by atoms with Crippen molar-refractivity contribution in [2.45, 2.75) is 58.2 Å². The van der Waals surface area contributed by atoms with Crippen LogP contribution in [0.1, 0.15) is 55.6 Å². The molecule has 5 heterocycles. The lowest BCUT2D eigenvalue weighted by Gasteiger charge is -2.58. The molecule has 1 atom stereocenters. The van der Waals surface area contributed by atoms with Crippen LogP contribution in [0.5, 0.6) is 0 Å². The molecule has 0 bridgehead atoms. The van der Waals surface area contributed by atoms with Gasteiger partial charge in [-0.1, -0.05) is 24.2 Å². The Hall–Kier alpha value is -3.95. The summed E-state index contributed by atoms with van der Waals surface area (Å²) in [5.74, 6) is 0.0157. The van der Waals surface area contributed by atoms with Crippen molar-refractivity contribution in [3.63, 3.8) is 0 Å². The van der Waals surface area contributed by atoms with Crippen LogP contribution < -0.4 is 0 Å². The number of fused-ring (bicyclic) bond motifs is 2. The highest BCUT2D eigenvalue weighted by Crippen LogP contribution is 2.55. The van der Waals surface area contributed by atoms with E-state index in [4.69, 9.17) is 26.5 Å². The van der Waals surface area contributed by atoms with E-state index in [1.54, 1.807) is 0 Å². The molecule has 8 rings (SSSR count). The number of likely N-dealkylation sites (tertiary alicyclic amines) is 1. The van der Waals surface area contributed by atoms with Crippen molar-refractivity contribution >= 4 is 39.3 Å². The van der Waals surface area contributed by atoms with Crippen LogP contribution in [-0.4, -0.2) is 59.8 Å². The summed E-state index contributed by atoms with van der Waals surface area (Å²) < 4.78 is 12.3. The Balaban J connectivity index is 1.27. The number of hydrogen-bond acceptors (Lipinski definition) is 5. The molecule has 44 heavy (non-hydrogen) atoms. The monoisotopic (exact) mass is 609 g/mol. The van der Waals surface area contributed by atoms with E-state index in [1.807, 2.05) is 33.7 Å². The maximum atomic E-state index is 12.1. The molecule has 1 spiro atoms. The summed E-state index contributed by atoms with van der Waals surface area (Å²) in [5, 5.41) is 17.5. The van der Waals surface area contributed by atoms with Crippen molar-refractivity contribution in [3.05, 3.63) is 65.6 Å². The largest absolute Gasteiger partial charge is 0.356 e. The Morgan fingerprint density at radius 2 is 1.89 bits per heavy atom. The predicted molar refractivity (Wildman–Crippen MR) is 171 cm³/mol. The van der Waals surface area contributed by atoms with E-state index in [9.17, 15) is 4.79 Å². The van der Waals surface area contributed by atoms with Gasteiger partial charge in [-0.2, -0.15) is 15.3 Å². The third-order valence-electron chi connectivity index (χ3n) is 10.1. The minimum absolute atomic E-state index is 0.0157. The van der Waals surface area contributed by atoms with Gasteiger partial charge in [-0.3, -0.25) is 14.2 Å². The van der Waals surface area contributed by atoms with Gasteiger partial charge in [0.2, 0.25) is 5.91 Å². The van der Waals surface area contributed by atoms with Crippen LogP contribution in [0.25, 0.3) is 44.2 Å². The van der Waals surface area contributed by atoms with Crippen molar-refractivity contribution < 1.29 is 9.53 Å². The highest BCUT2D eigenvalue weighted by atomic mass is 35.5. The van der Waals surface area contributed by atoms with Crippen LogP contribution in [0.15, 0.2) is 49.3 Å². The fourth-order valence-electron chi connectivity index (χ4n) is 7.79. The summed E-state index contributed by atoms with van der Waals surface area (Å²) in [6, 6.07) is 8.80. The molecule has 9 nitrogen and oxygen atoms in total. The molecule has 1 unspecified atom stereocenters. The van der Waals surface area contributed by atoms with Gasteiger partial charge in [-0.25, -0.2) is 4.68 Å². The first kappa shape index (κ1) is 27.6. The first-order chi connectivity index (χ1) is 21.3. The van der Waals surface area contributed by atoms with E-state index in [2.05, 4.69) is 54.5 Å². The molecule has 2 saturated heterocycles. The molecular weight excluding hydrogens is 574 g/mol. The van der Waals surface area contributed by atoms with E-state index in [0.717, 1.165) is 112 Å². The average Bonchev–Trinajstić information content (AvgIpc) is 3.68. The first-order valence-electron chi connectivity index (χ1n) is 15.5. The molecule has 3 fully saturated rings. The Morgan fingerprint density at radius 3 is 2.64 bits per heavy atom. The second-order valence-corrected chi connectivity index (χ2v) is 13.4. The van der Waals surface area contributed by atoms with E-state index < -0.39 is 0 Å². The topological polar surface area (TPSA) is 83.0 Å². The smallest absolute Gasteiger partial charge is 0.245 e. The molecule has 2 aromatic carbocycles. The number of hydrogen-bond donors (Lipinski definition) is 0. The summed E-state index contributed by atoms with van der Waals surface area (Å²) in [6.07, 6.45) is 10.3. The van der Waals surface area contributed by atoms with E-state index >= 15 is 0 Å². The van der Waals surface area contributed by atoms with Gasteiger partial charge in [0.25, 0.3) is 0 Å². The summed E-state index contributed by atoms with van der Waals surface area (Å²) in [6.45, 7) is 10.2. The van der Waals surface area contributed by atoms with Gasteiger partial charge in [0, 0.05) is 65.3 Å². The zero-order chi connectivity index (χ0) is 30.3. The number of carbonyl (C=O) groups is 1. The normalized spacial score (nSPS) is 19.9. The standard InChI is InChI=1S/C34H36ClN7O2/c1-5-28(43)40-18-34(19-40)14-24(15-34)41-21(3)30(33(38-41)22-9-10-26-23(13-22)16-36-39(26)4)31-25-17-37-42(29-8-6-7-11-44-29)27(25)12-20(2)32(31)35/h5,9-10,12-13,16-17,24,29H,1,6-8,11,14-15,18-19H2,2-4H3. The van der Waals surface area contributed by atoms with Crippen LogP contribution in [0.3, 0.4) is 0 Å². The quantitative estimate of drug-likeness (QED) is 0.205. The van der Waals surface area contributed by atoms with Crippen molar-refractivity contribution in [1.82, 2.24) is 34.2 Å². The third kappa shape index (κ3) is 4.09. The highest BCUT2D eigenvalue weighted by molar-refractivity contribution is 6.36. The fourth-order valence-corrected chi connectivity index (χ4v) is 8.04. The molecule has 1 saturated carbocycles. The van der Waals surface area contributed by atoms with Gasteiger partial charge in [0.15, 0.2) is 6.23 Å². The van der Waals surface area contributed by atoms with E-state index in [-0.39, 0.29) is 23.6 Å². The number of benzene rings is 2. The number of aryl methyl sites for hydroxylation is 2. The number of halogens is 1. The first-order valence-corrected chi connectivity index (χ1v) is 15.9.